The maximum atomic E-state index is 11.0. The lowest BCUT2D eigenvalue weighted by Crippen LogP contribution is -2.05. The molecule has 4 heteroatoms. The van der Waals surface area contributed by atoms with E-state index in [0.717, 1.165) is 34.8 Å². The van der Waals surface area contributed by atoms with Gasteiger partial charge in [-0.1, -0.05) is 31.2 Å². The highest BCUT2D eigenvalue weighted by Crippen LogP contribution is 2.23. The standard InChI is InChI=1S/C19H19N3O/c1-3-14-4-6-15(7-5-14)18-12-20-19(22-18)16-8-10-17(11-9-16)21-13(2)23/h4-12H,3H2,1-2H3,(H,20,22)(H,21,23). The van der Waals surface area contributed by atoms with E-state index >= 15 is 0 Å². The zero-order chi connectivity index (χ0) is 16.2. The molecule has 0 spiro atoms. The summed E-state index contributed by atoms with van der Waals surface area (Å²) >= 11 is 0. The van der Waals surface area contributed by atoms with E-state index in [9.17, 15) is 4.79 Å². The summed E-state index contributed by atoms with van der Waals surface area (Å²) in [6.45, 7) is 3.64. The SMILES string of the molecule is CCc1ccc(-c2c[nH]c(-c3ccc(NC(C)=O)cc3)n2)cc1. The van der Waals surface area contributed by atoms with Crippen LogP contribution in [0.4, 0.5) is 5.69 Å². The number of anilines is 1. The van der Waals surface area contributed by atoms with Crippen LogP contribution in [0.5, 0.6) is 0 Å². The van der Waals surface area contributed by atoms with Gasteiger partial charge in [0.25, 0.3) is 0 Å². The number of aryl methyl sites for hydroxylation is 1. The van der Waals surface area contributed by atoms with Crippen LogP contribution in [0.25, 0.3) is 22.6 Å². The van der Waals surface area contributed by atoms with Crippen LogP contribution in [0.3, 0.4) is 0 Å². The molecule has 4 nitrogen and oxygen atoms in total. The first-order valence-electron chi connectivity index (χ1n) is 7.68. The van der Waals surface area contributed by atoms with Gasteiger partial charge in [0.15, 0.2) is 0 Å². The van der Waals surface area contributed by atoms with Crippen LogP contribution in [0.2, 0.25) is 0 Å². The fraction of sp³-hybridized carbons (Fsp3) is 0.158. The number of H-pyrrole nitrogens is 1. The van der Waals surface area contributed by atoms with Gasteiger partial charge in [0.05, 0.1) is 5.69 Å². The molecule has 2 N–H and O–H groups in total. The molecule has 0 saturated heterocycles. The Morgan fingerprint density at radius 1 is 1.04 bits per heavy atom. The van der Waals surface area contributed by atoms with Crippen LogP contribution in [-0.4, -0.2) is 15.9 Å². The number of benzene rings is 2. The van der Waals surface area contributed by atoms with Crippen molar-refractivity contribution in [2.45, 2.75) is 20.3 Å². The van der Waals surface area contributed by atoms with E-state index in [0.29, 0.717) is 0 Å². The van der Waals surface area contributed by atoms with Gasteiger partial charge in [-0.05, 0) is 36.2 Å². The second-order valence-corrected chi connectivity index (χ2v) is 5.44. The van der Waals surface area contributed by atoms with Crippen LogP contribution >= 0.6 is 0 Å². The van der Waals surface area contributed by atoms with Crippen LogP contribution in [0.1, 0.15) is 19.4 Å². The molecule has 1 amide bonds. The molecule has 1 aromatic heterocycles. The lowest BCUT2D eigenvalue weighted by molar-refractivity contribution is -0.114. The van der Waals surface area contributed by atoms with Crippen molar-refractivity contribution in [3.8, 4) is 22.6 Å². The summed E-state index contributed by atoms with van der Waals surface area (Å²) in [5.41, 5.74) is 5.10. The number of rotatable bonds is 4. The summed E-state index contributed by atoms with van der Waals surface area (Å²) in [6.07, 6.45) is 2.95. The normalized spacial score (nSPS) is 10.5. The van der Waals surface area contributed by atoms with Gasteiger partial charge in [-0.2, -0.15) is 0 Å². The molecule has 3 aromatic rings. The number of aromatic nitrogens is 2. The van der Waals surface area contributed by atoms with Crippen molar-refractivity contribution >= 4 is 11.6 Å². The van der Waals surface area contributed by atoms with Crippen molar-refractivity contribution in [2.24, 2.45) is 0 Å². The minimum Gasteiger partial charge on any atom is -0.344 e. The maximum Gasteiger partial charge on any atom is 0.221 e. The minimum atomic E-state index is -0.0754. The van der Waals surface area contributed by atoms with Gasteiger partial charge in [-0.15, -0.1) is 0 Å². The Labute approximate surface area is 135 Å². The summed E-state index contributed by atoms with van der Waals surface area (Å²) in [7, 11) is 0. The topological polar surface area (TPSA) is 57.8 Å². The van der Waals surface area contributed by atoms with Crippen molar-refractivity contribution < 1.29 is 4.79 Å². The Bertz CT molecular complexity index is 801. The van der Waals surface area contributed by atoms with E-state index in [-0.39, 0.29) is 5.91 Å². The Hall–Kier alpha value is -2.88. The molecule has 0 bridgehead atoms. The summed E-state index contributed by atoms with van der Waals surface area (Å²) in [5, 5.41) is 2.76. The lowest BCUT2D eigenvalue weighted by Gasteiger charge is -2.02. The fourth-order valence-electron chi connectivity index (χ4n) is 2.44. The molecule has 2 aromatic carbocycles. The van der Waals surface area contributed by atoms with E-state index in [1.165, 1.54) is 12.5 Å². The van der Waals surface area contributed by atoms with E-state index in [1.54, 1.807) is 0 Å². The second kappa shape index (κ2) is 6.48. The first-order chi connectivity index (χ1) is 11.2. The highest BCUT2D eigenvalue weighted by atomic mass is 16.1. The monoisotopic (exact) mass is 305 g/mol. The highest BCUT2D eigenvalue weighted by Gasteiger charge is 2.06. The number of nitrogens with one attached hydrogen (secondary N) is 2. The molecule has 0 atom stereocenters. The summed E-state index contributed by atoms with van der Waals surface area (Å²) in [5.74, 6) is 0.738. The Balaban J connectivity index is 1.81. The molecule has 0 radical (unpaired) electrons. The van der Waals surface area contributed by atoms with Gasteiger partial charge in [-0.3, -0.25) is 4.79 Å². The summed E-state index contributed by atoms with van der Waals surface area (Å²) in [4.78, 5) is 18.9. The number of imidazole rings is 1. The average Bonchev–Trinajstić information content (AvgIpc) is 3.05. The number of hydrogen-bond acceptors (Lipinski definition) is 2. The van der Waals surface area contributed by atoms with Crippen LogP contribution in [0, 0.1) is 0 Å². The second-order valence-electron chi connectivity index (χ2n) is 5.44. The molecule has 23 heavy (non-hydrogen) atoms. The molecule has 1 heterocycles. The summed E-state index contributed by atoms with van der Waals surface area (Å²) in [6, 6.07) is 16.1. The predicted molar refractivity (Wildman–Crippen MR) is 93.1 cm³/mol. The zero-order valence-corrected chi connectivity index (χ0v) is 13.3. The summed E-state index contributed by atoms with van der Waals surface area (Å²) < 4.78 is 0. The number of carbonyl (C=O) groups excluding carboxylic acids is 1. The van der Waals surface area contributed by atoms with Gasteiger partial charge in [0.1, 0.15) is 5.82 Å². The van der Waals surface area contributed by atoms with Crippen molar-refractivity contribution in [1.29, 1.82) is 0 Å². The van der Waals surface area contributed by atoms with Crippen molar-refractivity contribution in [3.05, 3.63) is 60.3 Å². The van der Waals surface area contributed by atoms with Crippen LogP contribution < -0.4 is 5.32 Å². The molecule has 0 fully saturated rings. The van der Waals surface area contributed by atoms with Crippen molar-refractivity contribution in [1.82, 2.24) is 9.97 Å². The molecule has 0 aliphatic carbocycles. The van der Waals surface area contributed by atoms with Crippen molar-refractivity contribution in [3.63, 3.8) is 0 Å². The van der Waals surface area contributed by atoms with E-state index in [4.69, 9.17) is 0 Å². The Kier molecular flexibility index (Phi) is 4.24. The fourth-order valence-corrected chi connectivity index (χ4v) is 2.44. The highest BCUT2D eigenvalue weighted by molar-refractivity contribution is 5.88. The first-order valence-corrected chi connectivity index (χ1v) is 7.68. The van der Waals surface area contributed by atoms with Crippen LogP contribution in [-0.2, 0) is 11.2 Å². The number of nitrogens with zero attached hydrogens (tertiary/aromatic N) is 1. The molecule has 116 valence electrons. The van der Waals surface area contributed by atoms with Gasteiger partial charge in [0.2, 0.25) is 5.91 Å². The molecule has 0 unspecified atom stereocenters. The Morgan fingerprint density at radius 3 is 2.30 bits per heavy atom. The van der Waals surface area contributed by atoms with Gasteiger partial charge in [-0.25, -0.2) is 4.98 Å². The number of carbonyl (C=O) groups is 1. The third-order valence-corrected chi connectivity index (χ3v) is 3.71. The minimum absolute atomic E-state index is 0.0754. The predicted octanol–water partition coefficient (Wildman–Crippen LogP) is 4.26. The van der Waals surface area contributed by atoms with Gasteiger partial charge < -0.3 is 10.3 Å². The molecule has 3 rings (SSSR count). The first kappa shape index (κ1) is 15.0. The van der Waals surface area contributed by atoms with Crippen molar-refractivity contribution in [2.75, 3.05) is 5.32 Å². The smallest absolute Gasteiger partial charge is 0.221 e. The third kappa shape index (κ3) is 3.48. The molecule has 0 aliphatic heterocycles. The quantitative estimate of drug-likeness (QED) is 0.756. The van der Waals surface area contributed by atoms with Gasteiger partial charge in [0, 0.05) is 29.9 Å². The largest absolute Gasteiger partial charge is 0.344 e. The molecule has 0 saturated carbocycles. The molecular weight excluding hydrogens is 286 g/mol. The lowest BCUT2D eigenvalue weighted by atomic mass is 10.1. The maximum absolute atomic E-state index is 11.0. The molecular formula is C19H19N3O. The number of hydrogen-bond donors (Lipinski definition) is 2. The van der Waals surface area contributed by atoms with E-state index in [2.05, 4.69) is 46.5 Å². The van der Waals surface area contributed by atoms with E-state index < -0.39 is 0 Å². The molecule has 0 aliphatic rings. The van der Waals surface area contributed by atoms with Crippen LogP contribution in [0.15, 0.2) is 54.7 Å². The number of amides is 1. The average molecular weight is 305 g/mol. The third-order valence-electron chi connectivity index (χ3n) is 3.71. The van der Waals surface area contributed by atoms with Gasteiger partial charge >= 0.3 is 0 Å². The Morgan fingerprint density at radius 2 is 1.70 bits per heavy atom. The van der Waals surface area contributed by atoms with E-state index in [1.807, 2.05) is 30.5 Å². The number of aromatic amines is 1. The zero-order valence-electron chi connectivity index (χ0n) is 13.3.